The molecule has 0 aliphatic carbocycles. The maximum Gasteiger partial charge on any atom is 0.276 e. The number of hydrogen-bond acceptors (Lipinski definition) is 5. The Morgan fingerprint density at radius 3 is 2.80 bits per heavy atom. The van der Waals surface area contributed by atoms with Crippen molar-refractivity contribution < 1.29 is 13.9 Å². The number of rotatable bonds is 7. The van der Waals surface area contributed by atoms with Gasteiger partial charge in [-0.25, -0.2) is 0 Å². The van der Waals surface area contributed by atoms with Crippen molar-refractivity contribution in [2.45, 2.75) is 26.6 Å². The van der Waals surface area contributed by atoms with Crippen LogP contribution in [0.2, 0.25) is 5.02 Å². The first-order valence-electron chi connectivity index (χ1n) is 9.35. The van der Waals surface area contributed by atoms with Gasteiger partial charge >= 0.3 is 0 Å². The summed E-state index contributed by atoms with van der Waals surface area (Å²) in [6.45, 7) is 3.39. The fraction of sp³-hybridized carbons (Fsp3) is 0.190. The molecule has 1 amide bonds. The second kappa shape index (κ2) is 8.73. The zero-order valence-corrected chi connectivity index (χ0v) is 17.7. The van der Waals surface area contributed by atoms with Gasteiger partial charge in [-0.3, -0.25) is 14.4 Å². The van der Waals surface area contributed by atoms with E-state index in [9.17, 15) is 4.79 Å². The van der Waals surface area contributed by atoms with Crippen molar-refractivity contribution in [2.75, 3.05) is 0 Å². The minimum Gasteiger partial charge on any atom is -0.486 e. The number of thiocarbonyl (C=S) groups is 1. The molecule has 7 nitrogen and oxygen atoms in total. The first-order valence-corrected chi connectivity index (χ1v) is 10.1. The number of hydrogen-bond donors (Lipinski definition) is 1. The standard InChI is InChI=1S/C21H19ClN4O3S/c1-2-25-11-14(10-23-25)12-26-20(27)19(24-21(26)30)9-17-7-8-18(29-17)13-28-16-5-3-15(22)4-6-16/h3-11H,2,12-13H2,1H3,(H,24,30)/b19-9-. The molecule has 1 aromatic carbocycles. The number of aryl methyl sites for hydroxylation is 1. The molecule has 1 saturated heterocycles. The molecule has 0 bridgehead atoms. The van der Waals surface area contributed by atoms with Crippen molar-refractivity contribution in [2.24, 2.45) is 0 Å². The van der Waals surface area contributed by atoms with E-state index < -0.39 is 0 Å². The highest BCUT2D eigenvalue weighted by molar-refractivity contribution is 7.80. The van der Waals surface area contributed by atoms with Gasteiger partial charge in [-0.05, 0) is 55.5 Å². The minimum atomic E-state index is -0.209. The van der Waals surface area contributed by atoms with Crippen molar-refractivity contribution in [3.05, 3.63) is 76.6 Å². The van der Waals surface area contributed by atoms with Gasteiger partial charge in [0.15, 0.2) is 5.11 Å². The lowest BCUT2D eigenvalue weighted by Crippen LogP contribution is -2.29. The maximum absolute atomic E-state index is 12.7. The fourth-order valence-electron chi connectivity index (χ4n) is 2.94. The number of carbonyl (C=O) groups is 1. The maximum atomic E-state index is 12.7. The molecule has 0 unspecified atom stereocenters. The number of nitrogens with one attached hydrogen (secondary N) is 1. The van der Waals surface area contributed by atoms with Crippen LogP contribution in [0.25, 0.3) is 6.08 Å². The predicted octanol–water partition coefficient (Wildman–Crippen LogP) is 3.99. The Kier molecular flexibility index (Phi) is 5.87. The Bertz CT molecular complexity index is 1100. The average molecular weight is 443 g/mol. The molecule has 0 radical (unpaired) electrons. The number of aromatic nitrogens is 2. The molecule has 3 heterocycles. The Morgan fingerprint density at radius 1 is 1.27 bits per heavy atom. The van der Waals surface area contributed by atoms with Crippen molar-refractivity contribution in [3.8, 4) is 5.75 Å². The SMILES string of the molecule is CCn1cc(CN2C(=O)/C(=C/c3ccc(COc4ccc(Cl)cc4)o3)NC2=S)cn1. The summed E-state index contributed by atoms with van der Waals surface area (Å²) in [6.07, 6.45) is 5.27. The third-order valence-corrected chi connectivity index (χ3v) is 5.05. The molecular formula is C21H19ClN4O3S. The lowest BCUT2D eigenvalue weighted by Gasteiger charge is -2.12. The number of halogens is 1. The number of nitrogens with zero attached hydrogens (tertiary/aromatic N) is 3. The Balaban J connectivity index is 1.40. The zero-order chi connectivity index (χ0) is 21.1. The van der Waals surface area contributed by atoms with Crippen LogP contribution < -0.4 is 10.1 Å². The van der Waals surface area contributed by atoms with Crippen LogP contribution in [0.1, 0.15) is 24.0 Å². The lowest BCUT2D eigenvalue weighted by molar-refractivity contribution is -0.122. The van der Waals surface area contributed by atoms with Gasteiger partial charge < -0.3 is 14.5 Å². The summed E-state index contributed by atoms with van der Waals surface area (Å²) in [5, 5.41) is 8.18. The van der Waals surface area contributed by atoms with Gasteiger partial charge in [0.1, 0.15) is 29.6 Å². The van der Waals surface area contributed by atoms with E-state index >= 15 is 0 Å². The average Bonchev–Trinajstić information content (AvgIpc) is 3.45. The van der Waals surface area contributed by atoms with Gasteiger partial charge in [0.05, 0.1) is 12.7 Å². The largest absolute Gasteiger partial charge is 0.486 e. The van der Waals surface area contributed by atoms with Crippen LogP contribution in [0, 0.1) is 0 Å². The number of carbonyl (C=O) groups excluding carboxylic acids is 1. The van der Waals surface area contributed by atoms with E-state index in [2.05, 4.69) is 10.4 Å². The highest BCUT2D eigenvalue weighted by Crippen LogP contribution is 2.20. The number of ether oxygens (including phenoxy) is 1. The van der Waals surface area contributed by atoms with E-state index in [0.29, 0.717) is 39.6 Å². The summed E-state index contributed by atoms with van der Waals surface area (Å²) >= 11 is 11.2. The van der Waals surface area contributed by atoms with Crippen LogP contribution in [0.4, 0.5) is 0 Å². The normalized spacial score (nSPS) is 15.1. The molecule has 3 aromatic rings. The number of benzene rings is 1. The third kappa shape index (κ3) is 4.55. The predicted molar refractivity (Wildman–Crippen MR) is 117 cm³/mol. The minimum absolute atomic E-state index is 0.209. The van der Waals surface area contributed by atoms with E-state index in [1.165, 1.54) is 4.90 Å². The van der Waals surface area contributed by atoms with Gasteiger partial charge in [0, 0.05) is 29.4 Å². The number of amides is 1. The summed E-state index contributed by atoms with van der Waals surface area (Å²) in [5.41, 5.74) is 1.28. The second-order valence-corrected chi connectivity index (χ2v) is 7.45. The van der Waals surface area contributed by atoms with E-state index in [4.69, 9.17) is 33.0 Å². The molecule has 2 aromatic heterocycles. The third-order valence-electron chi connectivity index (χ3n) is 4.48. The van der Waals surface area contributed by atoms with Crippen LogP contribution in [0.15, 0.2) is 58.9 Å². The van der Waals surface area contributed by atoms with Crippen molar-refractivity contribution >= 4 is 40.9 Å². The summed E-state index contributed by atoms with van der Waals surface area (Å²) in [4.78, 5) is 14.3. The molecule has 0 saturated carbocycles. The monoisotopic (exact) mass is 442 g/mol. The van der Waals surface area contributed by atoms with E-state index in [1.54, 1.807) is 53.4 Å². The summed E-state index contributed by atoms with van der Waals surface area (Å²) in [5.74, 6) is 1.65. The first kappa shape index (κ1) is 20.2. The highest BCUT2D eigenvalue weighted by Gasteiger charge is 2.31. The molecule has 0 atom stereocenters. The van der Waals surface area contributed by atoms with Crippen molar-refractivity contribution in [1.29, 1.82) is 0 Å². The summed E-state index contributed by atoms with van der Waals surface area (Å²) in [6, 6.07) is 10.7. The summed E-state index contributed by atoms with van der Waals surface area (Å²) < 4.78 is 13.2. The molecular weight excluding hydrogens is 424 g/mol. The van der Waals surface area contributed by atoms with Gasteiger partial charge in [-0.2, -0.15) is 5.10 Å². The molecule has 1 aliphatic rings. The van der Waals surface area contributed by atoms with Crippen LogP contribution in [-0.4, -0.2) is 25.7 Å². The Labute approximate surface area is 183 Å². The van der Waals surface area contributed by atoms with Crippen LogP contribution >= 0.6 is 23.8 Å². The quantitative estimate of drug-likeness (QED) is 0.440. The van der Waals surface area contributed by atoms with Gasteiger partial charge in [-0.15, -0.1) is 0 Å². The Hall–Kier alpha value is -3.10. The molecule has 0 spiro atoms. The molecule has 1 fully saturated rings. The second-order valence-electron chi connectivity index (χ2n) is 6.63. The molecule has 9 heteroatoms. The van der Waals surface area contributed by atoms with E-state index in [-0.39, 0.29) is 12.5 Å². The Morgan fingerprint density at radius 2 is 2.07 bits per heavy atom. The lowest BCUT2D eigenvalue weighted by atomic mass is 10.3. The first-order chi connectivity index (χ1) is 14.5. The van der Waals surface area contributed by atoms with Gasteiger partial charge in [0.2, 0.25) is 0 Å². The van der Waals surface area contributed by atoms with Crippen molar-refractivity contribution in [3.63, 3.8) is 0 Å². The van der Waals surface area contributed by atoms with E-state index in [1.807, 2.05) is 13.1 Å². The summed E-state index contributed by atoms with van der Waals surface area (Å²) in [7, 11) is 0. The zero-order valence-electron chi connectivity index (χ0n) is 16.2. The molecule has 30 heavy (non-hydrogen) atoms. The fourth-order valence-corrected chi connectivity index (χ4v) is 3.32. The van der Waals surface area contributed by atoms with E-state index in [0.717, 1.165) is 12.1 Å². The van der Waals surface area contributed by atoms with Crippen LogP contribution in [-0.2, 0) is 24.5 Å². The molecule has 1 aliphatic heterocycles. The molecule has 154 valence electrons. The number of furan rings is 1. The molecule has 1 N–H and O–H groups in total. The van der Waals surface area contributed by atoms with Gasteiger partial charge in [-0.1, -0.05) is 11.6 Å². The van der Waals surface area contributed by atoms with Gasteiger partial charge in [0.25, 0.3) is 5.91 Å². The molecule has 4 rings (SSSR count). The van der Waals surface area contributed by atoms with Crippen LogP contribution in [0.3, 0.4) is 0 Å². The topological polar surface area (TPSA) is 72.5 Å². The van der Waals surface area contributed by atoms with Crippen molar-refractivity contribution in [1.82, 2.24) is 20.0 Å². The smallest absolute Gasteiger partial charge is 0.276 e. The van der Waals surface area contributed by atoms with Crippen LogP contribution in [0.5, 0.6) is 5.75 Å². The highest BCUT2D eigenvalue weighted by atomic mass is 35.5.